The van der Waals surface area contributed by atoms with Crippen molar-refractivity contribution in [2.75, 3.05) is 18.4 Å². The van der Waals surface area contributed by atoms with E-state index >= 15 is 0 Å². The van der Waals surface area contributed by atoms with Crippen molar-refractivity contribution in [2.24, 2.45) is 5.92 Å². The topological polar surface area (TPSA) is 63.2 Å². The molecule has 2 aromatic rings. The maximum absolute atomic E-state index is 12.1. The Morgan fingerprint density at radius 2 is 2.32 bits per heavy atom. The first kappa shape index (κ1) is 17.7. The Bertz CT molecular complexity index is 703. The molecule has 0 radical (unpaired) electrons. The Morgan fingerprint density at radius 1 is 1.40 bits per heavy atom. The lowest BCUT2D eigenvalue weighted by molar-refractivity contribution is -0.116. The number of carbonyl (C=O) groups is 1. The van der Waals surface area contributed by atoms with Crippen LogP contribution in [0.15, 0.2) is 42.7 Å². The Morgan fingerprint density at radius 3 is 3.04 bits per heavy atom. The van der Waals surface area contributed by atoms with Gasteiger partial charge < -0.3 is 15.4 Å². The molecule has 132 valence electrons. The number of hydrogen-bond acceptors (Lipinski definition) is 4. The zero-order valence-corrected chi connectivity index (χ0v) is 14.8. The SMILES string of the molecule is O=C(CCC1CCNC1)Nc1ccc(OCc2cccnc2)c(Cl)c1. The first-order valence-corrected chi connectivity index (χ1v) is 8.90. The highest BCUT2D eigenvalue weighted by atomic mass is 35.5. The van der Waals surface area contributed by atoms with Gasteiger partial charge in [-0.3, -0.25) is 9.78 Å². The number of anilines is 1. The maximum atomic E-state index is 12.1. The highest BCUT2D eigenvalue weighted by Gasteiger charge is 2.16. The molecular formula is C19H22ClN3O2. The van der Waals surface area contributed by atoms with E-state index in [1.807, 2.05) is 12.1 Å². The lowest BCUT2D eigenvalue weighted by atomic mass is 10.0. The van der Waals surface area contributed by atoms with Crippen LogP contribution in [0.3, 0.4) is 0 Å². The van der Waals surface area contributed by atoms with E-state index in [1.165, 1.54) is 0 Å². The van der Waals surface area contributed by atoms with Gasteiger partial charge in [-0.2, -0.15) is 0 Å². The molecule has 1 saturated heterocycles. The second-order valence-corrected chi connectivity index (χ2v) is 6.65. The lowest BCUT2D eigenvalue weighted by Gasteiger charge is -2.11. The molecule has 1 aromatic heterocycles. The van der Waals surface area contributed by atoms with Crippen molar-refractivity contribution in [3.05, 3.63) is 53.3 Å². The quantitative estimate of drug-likeness (QED) is 0.792. The van der Waals surface area contributed by atoms with Crippen LogP contribution in [-0.2, 0) is 11.4 Å². The number of benzene rings is 1. The largest absolute Gasteiger partial charge is 0.487 e. The minimum atomic E-state index is 0.0204. The van der Waals surface area contributed by atoms with Gasteiger partial charge in [-0.05, 0) is 56.1 Å². The third kappa shape index (κ3) is 5.44. The molecule has 1 atom stereocenters. The van der Waals surface area contributed by atoms with Crippen LogP contribution < -0.4 is 15.4 Å². The average Bonchev–Trinajstić information content (AvgIpc) is 3.14. The number of pyridine rings is 1. The fraction of sp³-hybridized carbons (Fsp3) is 0.368. The van der Waals surface area contributed by atoms with Gasteiger partial charge in [0.25, 0.3) is 0 Å². The predicted octanol–water partition coefficient (Wildman–Crippen LogP) is 3.64. The first-order chi connectivity index (χ1) is 12.2. The molecule has 0 aliphatic carbocycles. The smallest absolute Gasteiger partial charge is 0.224 e. The molecule has 3 rings (SSSR count). The molecule has 1 aliphatic rings. The van der Waals surface area contributed by atoms with Crippen molar-refractivity contribution in [1.82, 2.24) is 10.3 Å². The molecule has 1 aromatic carbocycles. The second kappa shape index (κ2) is 8.83. The summed E-state index contributed by atoms with van der Waals surface area (Å²) in [5, 5.41) is 6.69. The molecule has 2 N–H and O–H groups in total. The molecule has 0 bridgehead atoms. The van der Waals surface area contributed by atoms with E-state index in [4.69, 9.17) is 16.3 Å². The van der Waals surface area contributed by atoms with E-state index in [9.17, 15) is 4.79 Å². The molecule has 1 unspecified atom stereocenters. The highest BCUT2D eigenvalue weighted by molar-refractivity contribution is 6.32. The van der Waals surface area contributed by atoms with Crippen molar-refractivity contribution in [1.29, 1.82) is 0 Å². The molecular weight excluding hydrogens is 338 g/mol. The number of carbonyl (C=O) groups excluding carboxylic acids is 1. The number of ether oxygens (including phenoxy) is 1. The van der Waals surface area contributed by atoms with E-state index in [2.05, 4.69) is 15.6 Å². The number of nitrogens with zero attached hydrogens (tertiary/aromatic N) is 1. The summed E-state index contributed by atoms with van der Waals surface area (Å²) < 4.78 is 5.71. The summed E-state index contributed by atoms with van der Waals surface area (Å²) in [5.41, 5.74) is 1.66. The summed E-state index contributed by atoms with van der Waals surface area (Å²) in [6, 6.07) is 9.10. The van der Waals surface area contributed by atoms with E-state index in [0.29, 0.717) is 35.4 Å². The van der Waals surface area contributed by atoms with Gasteiger partial charge in [0, 0.05) is 30.1 Å². The van der Waals surface area contributed by atoms with Crippen LogP contribution in [0.2, 0.25) is 5.02 Å². The molecule has 2 heterocycles. The number of nitrogens with one attached hydrogen (secondary N) is 2. The Balaban J connectivity index is 1.49. The number of halogens is 1. The maximum Gasteiger partial charge on any atom is 0.224 e. The third-order valence-electron chi connectivity index (χ3n) is 4.27. The summed E-state index contributed by atoms with van der Waals surface area (Å²) in [6.45, 7) is 2.47. The van der Waals surface area contributed by atoms with Crippen molar-refractivity contribution >= 4 is 23.2 Å². The van der Waals surface area contributed by atoms with Crippen LogP contribution in [0.5, 0.6) is 5.75 Å². The van der Waals surface area contributed by atoms with Gasteiger partial charge >= 0.3 is 0 Å². The van der Waals surface area contributed by atoms with Gasteiger partial charge in [0.1, 0.15) is 12.4 Å². The van der Waals surface area contributed by atoms with Crippen LogP contribution in [0.4, 0.5) is 5.69 Å². The monoisotopic (exact) mass is 359 g/mol. The molecule has 0 saturated carbocycles. The standard InChI is InChI=1S/C19H22ClN3O2/c20-17-10-16(23-19(24)6-3-14-7-9-22-11-14)4-5-18(17)25-13-15-2-1-8-21-12-15/h1-2,4-5,8,10,12,14,22H,3,6-7,9,11,13H2,(H,23,24). The van der Waals surface area contributed by atoms with Crippen molar-refractivity contribution in [3.63, 3.8) is 0 Å². The number of rotatable bonds is 7. The van der Waals surface area contributed by atoms with E-state index in [-0.39, 0.29) is 5.91 Å². The first-order valence-electron chi connectivity index (χ1n) is 8.52. The van der Waals surface area contributed by atoms with Gasteiger partial charge in [0.05, 0.1) is 5.02 Å². The zero-order chi connectivity index (χ0) is 17.5. The van der Waals surface area contributed by atoms with Crippen molar-refractivity contribution in [2.45, 2.75) is 25.9 Å². The highest BCUT2D eigenvalue weighted by Crippen LogP contribution is 2.28. The van der Waals surface area contributed by atoms with E-state index in [0.717, 1.165) is 31.5 Å². The van der Waals surface area contributed by atoms with Gasteiger partial charge in [-0.15, -0.1) is 0 Å². The van der Waals surface area contributed by atoms with Crippen molar-refractivity contribution < 1.29 is 9.53 Å². The fourth-order valence-electron chi connectivity index (χ4n) is 2.86. The zero-order valence-electron chi connectivity index (χ0n) is 14.0. The number of hydrogen-bond donors (Lipinski definition) is 2. The van der Waals surface area contributed by atoms with Crippen LogP contribution in [0.1, 0.15) is 24.8 Å². The van der Waals surface area contributed by atoms with Crippen molar-refractivity contribution in [3.8, 4) is 5.75 Å². The normalized spacial score (nSPS) is 16.6. The van der Waals surface area contributed by atoms with Gasteiger partial charge in [-0.1, -0.05) is 17.7 Å². The predicted molar refractivity (Wildman–Crippen MR) is 98.9 cm³/mol. The van der Waals surface area contributed by atoms with Crippen LogP contribution in [0.25, 0.3) is 0 Å². The van der Waals surface area contributed by atoms with E-state index in [1.54, 1.807) is 30.6 Å². The third-order valence-corrected chi connectivity index (χ3v) is 4.57. The average molecular weight is 360 g/mol. The summed E-state index contributed by atoms with van der Waals surface area (Å²) in [6.07, 6.45) is 6.07. The molecule has 0 spiro atoms. The molecule has 5 nitrogen and oxygen atoms in total. The number of amides is 1. The van der Waals surface area contributed by atoms with E-state index < -0.39 is 0 Å². The fourth-order valence-corrected chi connectivity index (χ4v) is 3.09. The van der Waals surface area contributed by atoms with Crippen LogP contribution >= 0.6 is 11.6 Å². The lowest BCUT2D eigenvalue weighted by Crippen LogP contribution is -2.15. The van der Waals surface area contributed by atoms with Gasteiger partial charge in [0.15, 0.2) is 0 Å². The van der Waals surface area contributed by atoms with Gasteiger partial charge in [-0.25, -0.2) is 0 Å². The van der Waals surface area contributed by atoms with Crippen LogP contribution in [0, 0.1) is 5.92 Å². The molecule has 25 heavy (non-hydrogen) atoms. The summed E-state index contributed by atoms with van der Waals surface area (Å²) in [5.74, 6) is 1.21. The Kier molecular flexibility index (Phi) is 6.25. The summed E-state index contributed by atoms with van der Waals surface area (Å²) >= 11 is 6.26. The minimum absolute atomic E-state index is 0.0204. The summed E-state index contributed by atoms with van der Waals surface area (Å²) in [4.78, 5) is 16.1. The molecule has 1 amide bonds. The molecule has 6 heteroatoms. The van der Waals surface area contributed by atoms with Gasteiger partial charge in [0.2, 0.25) is 5.91 Å². The Labute approximate surface area is 152 Å². The molecule has 1 aliphatic heterocycles. The summed E-state index contributed by atoms with van der Waals surface area (Å²) in [7, 11) is 0. The minimum Gasteiger partial charge on any atom is -0.487 e. The van der Waals surface area contributed by atoms with Crippen LogP contribution in [-0.4, -0.2) is 24.0 Å². The number of aromatic nitrogens is 1. The molecule has 1 fully saturated rings. The Hall–Kier alpha value is -2.11. The second-order valence-electron chi connectivity index (χ2n) is 6.24.